The van der Waals surface area contributed by atoms with Gasteiger partial charge in [0.15, 0.2) is 0 Å². The van der Waals surface area contributed by atoms with Crippen molar-refractivity contribution in [3.05, 3.63) is 69.8 Å². The molecule has 0 amide bonds. The molecule has 20 heavy (non-hydrogen) atoms. The zero-order valence-corrected chi connectivity index (χ0v) is 11.3. The Balaban J connectivity index is 2.08. The first-order valence-electron chi connectivity index (χ1n) is 6.18. The third-order valence-electron chi connectivity index (χ3n) is 2.90. The van der Waals surface area contributed by atoms with Crippen molar-refractivity contribution < 1.29 is 4.92 Å². The number of benzene rings is 2. The minimum atomic E-state index is -0.426. The topological polar surface area (TPSA) is 67.5 Å². The number of nitrogens with zero attached hydrogens (tertiary/aromatic N) is 2. The summed E-state index contributed by atoms with van der Waals surface area (Å²) in [4.78, 5) is 10.1. The molecule has 0 bridgehead atoms. The first kappa shape index (κ1) is 13.7. The van der Waals surface area contributed by atoms with Crippen LogP contribution in [0.25, 0.3) is 0 Å². The molecule has 5 heteroatoms. The van der Waals surface area contributed by atoms with Crippen molar-refractivity contribution in [2.75, 3.05) is 5.43 Å². The molecule has 2 rings (SSSR count). The van der Waals surface area contributed by atoms with E-state index in [1.165, 1.54) is 17.7 Å². The Bertz CT molecular complexity index is 631. The van der Waals surface area contributed by atoms with Crippen LogP contribution in [-0.4, -0.2) is 10.6 Å². The predicted molar refractivity (Wildman–Crippen MR) is 80.1 cm³/mol. The lowest BCUT2D eigenvalue weighted by molar-refractivity contribution is -0.384. The second-order valence-electron chi connectivity index (χ2n) is 4.48. The van der Waals surface area contributed by atoms with E-state index < -0.39 is 4.92 Å². The number of hydrogen-bond acceptors (Lipinski definition) is 4. The van der Waals surface area contributed by atoms with E-state index in [2.05, 4.69) is 10.5 Å². The molecule has 5 nitrogen and oxygen atoms in total. The van der Waals surface area contributed by atoms with Gasteiger partial charge >= 0.3 is 0 Å². The molecule has 0 saturated carbocycles. The Hall–Kier alpha value is -2.69. The zero-order chi connectivity index (χ0) is 14.5. The first-order chi connectivity index (χ1) is 9.56. The smallest absolute Gasteiger partial charge is 0.269 e. The van der Waals surface area contributed by atoms with Gasteiger partial charge in [0.05, 0.1) is 16.3 Å². The summed E-state index contributed by atoms with van der Waals surface area (Å²) in [6, 6.07) is 14.2. The maximum Gasteiger partial charge on any atom is 0.269 e. The molecule has 0 saturated heterocycles. The summed E-state index contributed by atoms with van der Waals surface area (Å²) in [6.07, 6.45) is 0. The average Bonchev–Trinajstić information content (AvgIpc) is 2.46. The fourth-order valence-corrected chi connectivity index (χ4v) is 1.67. The Morgan fingerprint density at radius 2 is 1.70 bits per heavy atom. The molecule has 0 aliphatic rings. The number of hydrogen-bond donors (Lipinski definition) is 1. The second kappa shape index (κ2) is 5.97. The molecule has 0 aromatic heterocycles. The number of anilines is 1. The van der Waals surface area contributed by atoms with Crippen molar-refractivity contribution in [2.45, 2.75) is 13.8 Å². The van der Waals surface area contributed by atoms with E-state index in [9.17, 15) is 10.1 Å². The fourth-order valence-electron chi connectivity index (χ4n) is 1.67. The SMILES string of the molecule is C/C(=N\Nc1ccc([N+](=O)[O-])cc1)c1ccc(C)cc1. The summed E-state index contributed by atoms with van der Waals surface area (Å²) >= 11 is 0. The molecule has 0 aliphatic carbocycles. The van der Waals surface area contributed by atoms with Crippen LogP contribution in [0.1, 0.15) is 18.1 Å². The largest absolute Gasteiger partial charge is 0.278 e. The molecule has 0 unspecified atom stereocenters. The number of nitro benzene ring substituents is 1. The molecule has 2 aromatic rings. The van der Waals surface area contributed by atoms with Crippen molar-refractivity contribution in [3.63, 3.8) is 0 Å². The van der Waals surface area contributed by atoms with Crippen LogP contribution in [-0.2, 0) is 0 Å². The van der Waals surface area contributed by atoms with Crippen LogP contribution in [0.2, 0.25) is 0 Å². The predicted octanol–water partition coefficient (Wildman–Crippen LogP) is 3.74. The van der Waals surface area contributed by atoms with E-state index >= 15 is 0 Å². The highest BCUT2D eigenvalue weighted by atomic mass is 16.6. The van der Waals surface area contributed by atoms with Gasteiger partial charge in [-0.1, -0.05) is 29.8 Å². The van der Waals surface area contributed by atoms with Gasteiger partial charge in [-0.05, 0) is 31.5 Å². The van der Waals surface area contributed by atoms with Crippen LogP contribution in [0.4, 0.5) is 11.4 Å². The van der Waals surface area contributed by atoms with E-state index in [-0.39, 0.29) is 5.69 Å². The van der Waals surface area contributed by atoms with Crippen LogP contribution in [0.3, 0.4) is 0 Å². The van der Waals surface area contributed by atoms with Crippen LogP contribution in [0, 0.1) is 17.0 Å². The number of hydrazone groups is 1. The van der Waals surface area contributed by atoms with Crippen molar-refractivity contribution in [1.82, 2.24) is 0 Å². The quantitative estimate of drug-likeness (QED) is 0.522. The van der Waals surface area contributed by atoms with E-state index in [0.717, 1.165) is 11.3 Å². The van der Waals surface area contributed by atoms with Crippen molar-refractivity contribution >= 4 is 17.1 Å². The van der Waals surface area contributed by atoms with E-state index in [1.54, 1.807) is 12.1 Å². The van der Waals surface area contributed by atoms with Crippen LogP contribution in [0.15, 0.2) is 53.6 Å². The van der Waals surface area contributed by atoms with Gasteiger partial charge in [-0.15, -0.1) is 0 Å². The molecule has 0 atom stereocenters. The lowest BCUT2D eigenvalue weighted by Gasteiger charge is -2.04. The maximum atomic E-state index is 10.5. The Labute approximate surface area is 117 Å². The standard InChI is InChI=1S/C15H15N3O2/c1-11-3-5-13(6-4-11)12(2)16-17-14-7-9-15(10-8-14)18(19)20/h3-10,17H,1-2H3/b16-12+. The van der Waals surface area contributed by atoms with Gasteiger partial charge in [-0.25, -0.2) is 0 Å². The van der Waals surface area contributed by atoms with Gasteiger partial charge in [0.2, 0.25) is 0 Å². The number of non-ortho nitro benzene ring substituents is 1. The highest BCUT2D eigenvalue weighted by molar-refractivity contribution is 5.99. The van der Waals surface area contributed by atoms with Gasteiger partial charge in [-0.2, -0.15) is 5.10 Å². The molecule has 102 valence electrons. The molecular formula is C15H15N3O2. The van der Waals surface area contributed by atoms with Gasteiger partial charge in [0, 0.05) is 12.1 Å². The summed E-state index contributed by atoms with van der Waals surface area (Å²) in [5, 5.41) is 14.8. The van der Waals surface area contributed by atoms with Gasteiger partial charge in [0.1, 0.15) is 0 Å². The summed E-state index contributed by atoms with van der Waals surface area (Å²) < 4.78 is 0. The van der Waals surface area contributed by atoms with Crippen LogP contribution in [0.5, 0.6) is 0 Å². The number of aryl methyl sites for hydroxylation is 1. The molecule has 2 aromatic carbocycles. The van der Waals surface area contributed by atoms with E-state index in [4.69, 9.17) is 0 Å². The third-order valence-corrected chi connectivity index (χ3v) is 2.90. The lowest BCUT2D eigenvalue weighted by Crippen LogP contribution is -1.99. The molecule has 0 spiro atoms. The first-order valence-corrected chi connectivity index (χ1v) is 6.18. The average molecular weight is 269 g/mol. The zero-order valence-electron chi connectivity index (χ0n) is 11.3. The van der Waals surface area contributed by atoms with E-state index in [0.29, 0.717) is 5.69 Å². The van der Waals surface area contributed by atoms with Crippen LogP contribution >= 0.6 is 0 Å². The molecule has 0 heterocycles. The van der Waals surface area contributed by atoms with Crippen molar-refractivity contribution in [1.29, 1.82) is 0 Å². The second-order valence-corrected chi connectivity index (χ2v) is 4.48. The van der Waals surface area contributed by atoms with Gasteiger partial charge in [0.25, 0.3) is 5.69 Å². The normalized spacial score (nSPS) is 11.2. The highest BCUT2D eigenvalue weighted by Crippen LogP contribution is 2.15. The molecule has 0 aliphatic heterocycles. The molecular weight excluding hydrogens is 254 g/mol. The monoisotopic (exact) mass is 269 g/mol. The van der Waals surface area contributed by atoms with E-state index in [1.807, 2.05) is 38.1 Å². The van der Waals surface area contributed by atoms with Gasteiger partial charge in [-0.3, -0.25) is 15.5 Å². The Morgan fingerprint density at radius 1 is 1.10 bits per heavy atom. The summed E-state index contributed by atoms with van der Waals surface area (Å²) in [5.41, 5.74) is 6.75. The van der Waals surface area contributed by atoms with Crippen molar-refractivity contribution in [2.24, 2.45) is 5.10 Å². The van der Waals surface area contributed by atoms with Gasteiger partial charge < -0.3 is 0 Å². The highest BCUT2D eigenvalue weighted by Gasteiger charge is 2.03. The van der Waals surface area contributed by atoms with Crippen LogP contribution < -0.4 is 5.43 Å². The summed E-state index contributed by atoms with van der Waals surface area (Å²) in [6.45, 7) is 3.94. The fraction of sp³-hybridized carbons (Fsp3) is 0.133. The summed E-state index contributed by atoms with van der Waals surface area (Å²) in [7, 11) is 0. The van der Waals surface area contributed by atoms with Crippen molar-refractivity contribution in [3.8, 4) is 0 Å². The lowest BCUT2D eigenvalue weighted by atomic mass is 10.1. The Kier molecular flexibility index (Phi) is 4.10. The minimum Gasteiger partial charge on any atom is -0.278 e. The summed E-state index contributed by atoms with van der Waals surface area (Å²) in [5.74, 6) is 0. The third kappa shape index (κ3) is 3.41. The number of rotatable bonds is 4. The minimum absolute atomic E-state index is 0.0646. The number of nitrogens with one attached hydrogen (secondary N) is 1. The molecule has 0 radical (unpaired) electrons. The Morgan fingerprint density at radius 3 is 2.25 bits per heavy atom. The maximum absolute atomic E-state index is 10.5. The molecule has 0 fully saturated rings. The number of nitro groups is 1. The molecule has 1 N–H and O–H groups in total.